The van der Waals surface area contributed by atoms with Gasteiger partial charge in [0.25, 0.3) is 0 Å². The molecule has 9 nitrogen and oxygen atoms in total. The van der Waals surface area contributed by atoms with E-state index in [9.17, 15) is 4.79 Å². The van der Waals surface area contributed by atoms with Crippen molar-refractivity contribution in [3.8, 4) is 5.75 Å². The Morgan fingerprint density at radius 2 is 2.17 bits per heavy atom. The number of methoxy groups -OCH3 is 1. The SMILES string of the molecule is COc1c(C)cnc(Cn2nc3c4c(nc(N)nc42)SCC(CNC(C)=O)=C3)c1C. The summed E-state index contributed by atoms with van der Waals surface area (Å²) in [6.45, 7) is 6.34. The zero-order valence-corrected chi connectivity index (χ0v) is 18.1. The Bertz CT molecular complexity index is 1190. The number of thioether (sulfide) groups is 1. The lowest BCUT2D eigenvalue weighted by Gasteiger charge is -2.12. The van der Waals surface area contributed by atoms with E-state index in [0.717, 1.165) is 44.2 Å². The maximum atomic E-state index is 11.3. The number of hydrogen-bond donors (Lipinski definition) is 2. The molecule has 10 heteroatoms. The highest BCUT2D eigenvalue weighted by Gasteiger charge is 2.22. The van der Waals surface area contributed by atoms with Crippen LogP contribution in [0.5, 0.6) is 5.75 Å². The Morgan fingerprint density at radius 1 is 1.37 bits per heavy atom. The Labute approximate surface area is 178 Å². The number of pyridine rings is 1. The largest absolute Gasteiger partial charge is 0.496 e. The number of nitrogens with two attached hydrogens (primary N) is 1. The fourth-order valence-electron chi connectivity index (χ4n) is 3.51. The number of ether oxygens (including phenoxy) is 1. The summed E-state index contributed by atoms with van der Waals surface area (Å²) in [5.41, 5.74) is 11.3. The van der Waals surface area contributed by atoms with Crippen molar-refractivity contribution in [2.45, 2.75) is 32.3 Å². The van der Waals surface area contributed by atoms with Crippen LogP contribution in [-0.4, -0.2) is 50.0 Å². The normalized spacial score (nSPS) is 13.1. The van der Waals surface area contributed by atoms with Gasteiger partial charge in [0, 0.05) is 36.5 Å². The van der Waals surface area contributed by atoms with E-state index in [1.807, 2.05) is 19.9 Å². The van der Waals surface area contributed by atoms with E-state index >= 15 is 0 Å². The summed E-state index contributed by atoms with van der Waals surface area (Å²) in [6, 6.07) is 0. The van der Waals surface area contributed by atoms with E-state index < -0.39 is 0 Å². The van der Waals surface area contributed by atoms with Gasteiger partial charge in [-0.05, 0) is 25.5 Å². The number of aromatic nitrogens is 5. The van der Waals surface area contributed by atoms with Crippen LogP contribution in [0.15, 0.2) is 16.8 Å². The molecule has 0 saturated heterocycles. The number of hydrogen-bond acceptors (Lipinski definition) is 8. The van der Waals surface area contributed by atoms with Gasteiger partial charge in [-0.1, -0.05) is 0 Å². The first-order valence-corrected chi connectivity index (χ1v) is 10.5. The number of nitrogens with one attached hydrogen (secondary N) is 1. The zero-order valence-electron chi connectivity index (χ0n) is 17.3. The van der Waals surface area contributed by atoms with Crippen molar-refractivity contribution in [3.05, 3.63) is 34.3 Å². The molecule has 0 saturated carbocycles. The van der Waals surface area contributed by atoms with Crippen LogP contribution in [0.2, 0.25) is 0 Å². The molecule has 30 heavy (non-hydrogen) atoms. The van der Waals surface area contributed by atoms with Gasteiger partial charge in [-0.25, -0.2) is 9.67 Å². The van der Waals surface area contributed by atoms with Crippen LogP contribution >= 0.6 is 11.8 Å². The van der Waals surface area contributed by atoms with Crippen LogP contribution in [-0.2, 0) is 11.3 Å². The van der Waals surface area contributed by atoms with Gasteiger partial charge in [0.2, 0.25) is 11.9 Å². The molecule has 4 rings (SSSR count). The molecule has 0 aliphatic carbocycles. The average molecular weight is 426 g/mol. The monoisotopic (exact) mass is 425 g/mol. The van der Waals surface area contributed by atoms with Gasteiger partial charge in [-0.15, -0.1) is 11.8 Å². The van der Waals surface area contributed by atoms with Gasteiger partial charge in [-0.2, -0.15) is 10.1 Å². The van der Waals surface area contributed by atoms with E-state index in [-0.39, 0.29) is 11.9 Å². The Kier molecular flexibility index (Phi) is 5.33. The minimum absolute atomic E-state index is 0.0720. The molecule has 156 valence electrons. The minimum Gasteiger partial charge on any atom is -0.496 e. The summed E-state index contributed by atoms with van der Waals surface area (Å²) in [7, 11) is 1.66. The number of carbonyl (C=O) groups excluding carboxylic acids is 1. The Morgan fingerprint density at radius 3 is 2.90 bits per heavy atom. The molecular weight excluding hydrogens is 402 g/mol. The van der Waals surface area contributed by atoms with Gasteiger partial charge < -0.3 is 15.8 Å². The number of amides is 1. The second-order valence-corrected chi connectivity index (χ2v) is 8.14. The van der Waals surface area contributed by atoms with Crippen LogP contribution < -0.4 is 15.8 Å². The third-order valence-corrected chi connectivity index (χ3v) is 6.04. The highest BCUT2D eigenvalue weighted by atomic mass is 32.2. The van der Waals surface area contributed by atoms with E-state index in [4.69, 9.17) is 15.6 Å². The maximum absolute atomic E-state index is 11.3. The van der Waals surface area contributed by atoms with Crippen LogP contribution in [0.1, 0.15) is 29.4 Å². The summed E-state index contributed by atoms with van der Waals surface area (Å²) >= 11 is 1.57. The summed E-state index contributed by atoms with van der Waals surface area (Å²) in [5.74, 6) is 1.64. The zero-order chi connectivity index (χ0) is 21.4. The predicted molar refractivity (Wildman–Crippen MR) is 116 cm³/mol. The number of nitrogen functional groups attached to an aromatic ring is 1. The Balaban J connectivity index is 1.80. The molecule has 0 aromatic carbocycles. The lowest BCUT2D eigenvalue weighted by molar-refractivity contribution is -0.118. The number of aryl methyl sites for hydroxylation is 1. The first-order chi connectivity index (χ1) is 14.4. The number of rotatable bonds is 5. The highest BCUT2D eigenvalue weighted by Crippen LogP contribution is 2.34. The molecule has 0 bridgehead atoms. The summed E-state index contributed by atoms with van der Waals surface area (Å²) in [5, 5.41) is 9.29. The molecular formula is C20H23N7O2S. The third-order valence-electron chi connectivity index (χ3n) is 4.95. The number of carbonyl (C=O) groups is 1. The van der Waals surface area contributed by atoms with Crippen molar-refractivity contribution in [3.63, 3.8) is 0 Å². The Hall–Kier alpha value is -3.14. The number of nitrogens with zero attached hydrogens (tertiary/aromatic N) is 5. The molecule has 1 amide bonds. The smallest absolute Gasteiger partial charge is 0.223 e. The highest BCUT2D eigenvalue weighted by molar-refractivity contribution is 7.99. The number of anilines is 1. The van der Waals surface area contributed by atoms with E-state index in [2.05, 4.69) is 20.3 Å². The second kappa shape index (κ2) is 7.94. The van der Waals surface area contributed by atoms with Crippen molar-refractivity contribution in [1.29, 1.82) is 0 Å². The summed E-state index contributed by atoms with van der Waals surface area (Å²) in [4.78, 5) is 24.8. The summed E-state index contributed by atoms with van der Waals surface area (Å²) in [6.07, 6.45) is 3.79. The molecule has 3 aromatic heterocycles. The topological polar surface area (TPSA) is 121 Å². The molecule has 0 radical (unpaired) electrons. The van der Waals surface area contributed by atoms with Gasteiger partial charge in [0.15, 0.2) is 5.65 Å². The molecule has 0 atom stereocenters. The van der Waals surface area contributed by atoms with Gasteiger partial charge >= 0.3 is 0 Å². The van der Waals surface area contributed by atoms with Gasteiger partial charge in [-0.3, -0.25) is 9.78 Å². The van der Waals surface area contributed by atoms with Crippen molar-refractivity contribution >= 4 is 40.7 Å². The molecule has 0 unspecified atom stereocenters. The molecule has 3 aromatic rings. The molecule has 4 heterocycles. The van der Waals surface area contributed by atoms with Crippen molar-refractivity contribution in [2.75, 3.05) is 25.1 Å². The first kappa shape index (κ1) is 20.1. The van der Waals surface area contributed by atoms with Crippen LogP contribution in [0.25, 0.3) is 17.1 Å². The fraction of sp³-hybridized carbons (Fsp3) is 0.350. The van der Waals surface area contributed by atoms with Crippen LogP contribution in [0.4, 0.5) is 5.95 Å². The van der Waals surface area contributed by atoms with E-state index in [1.165, 1.54) is 6.92 Å². The van der Waals surface area contributed by atoms with Gasteiger partial charge in [0.05, 0.1) is 30.4 Å². The molecule has 0 spiro atoms. The second-order valence-electron chi connectivity index (χ2n) is 7.18. The lowest BCUT2D eigenvalue weighted by atomic mass is 10.1. The quantitative estimate of drug-likeness (QED) is 0.596. The molecule has 1 aliphatic heterocycles. The van der Waals surface area contributed by atoms with Crippen molar-refractivity contribution in [2.24, 2.45) is 0 Å². The average Bonchev–Trinajstić information content (AvgIpc) is 2.92. The standard InChI is InChI=1S/C20H23N7O2S/c1-10-6-23-15(11(2)17(10)29-4)8-27-18-16-14(26-27)5-13(7-22-12(3)28)9-30-19(16)25-20(21)24-18/h5-6H,7-9H2,1-4H3,(H,22,28)(H2,21,24,25). The predicted octanol–water partition coefficient (Wildman–Crippen LogP) is 2.10. The van der Waals surface area contributed by atoms with E-state index in [0.29, 0.717) is 24.5 Å². The minimum atomic E-state index is -0.0720. The molecule has 0 fully saturated rings. The van der Waals surface area contributed by atoms with Gasteiger partial charge in [0.1, 0.15) is 10.8 Å². The van der Waals surface area contributed by atoms with Crippen LogP contribution in [0, 0.1) is 13.8 Å². The third kappa shape index (κ3) is 3.70. The molecule has 3 N–H and O–H groups in total. The summed E-state index contributed by atoms with van der Waals surface area (Å²) < 4.78 is 7.33. The lowest BCUT2D eigenvalue weighted by Crippen LogP contribution is -2.23. The first-order valence-electron chi connectivity index (χ1n) is 9.47. The van der Waals surface area contributed by atoms with Crippen molar-refractivity contribution in [1.82, 2.24) is 30.0 Å². The van der Waals surface area contributed by atoms with E-state index in [1.54, 1.807) is 29.8 Å². The van der Waals surface area contributed by atoms with Crippen molar-refractivity contribution < 1.29 is 9.53 Å². The molecule has 1 aliphatic rings. The fourth-order valence-corrected chi connectivity index (χ4v) is 4.51. The van der Waals surface area contributed by atoms with Crippen LogP contribution in [0.3, 0.4) is 0 Å². The maximum Gasteiger partial charge on any atom is 0.223 e.